The van der Waals surface area contributed by atoms with Crippen LogP contribution in [0.2, 0.25) is 0 Å². The Labute approximate surface area is 129 Å². The van der Waals surface area contributed by atoms with E-state index in [4.69, 9.17) is 4.74 Å². The van der Waals surface area contributed by atoms with E-state index in [1.165, 1.54) is 12.4 Å². The molecule has 2 fully saturated rings. The average molecular weight is 308 g/mol. The first-order valence-corrected chi connectivity index (χ1v) is 7.57. The molecule has 1 amide bonds. The SMILES string of the molecule is CC(C)(C)OC(=O)N1C2CCC1CN(c1ncc(F)cn1)C2. The summed E-state index contributed by atoms with van der Waals surface area (Å²) in [4.78, 5) is 24.3. The molecule has 120 valence electrons. The summed E-state index contributed by atoms with van der Waals surface area (Å²) in [5.41, 5.74) is -0.492. The van der Waals surface area contributed by atoms with Crippen LogP contribution in [0.15, 0.2) is 12.4 Å². The van der Waals surface area contributed by atoms with E-state index < -0.39 is 11.4 Å². The Bertz CT molecular complexity index is 544. The zero-order valence-electron chi connectivity index (χ0n) is 13.1. The lowest BCUT2D eigenvalue weighted by atomic mass is 10.2. The van der Waals surface area contributed by atoms with Gasteiger partial charge in [-0.3, -0.25) is 4.90 Å². The molecule has 0 N–H and O–H groups in total. The maximum Gasteiger partial charge on any atom is 0.410 e. The molecule has 0 aliphatic carbocycles. The summed E-state index contributed by atoms with van der Waals surface area (Å²) in [6.45, 7) is 6.92. The lowest BCUT2D eigenvalue weighted by Crippen LogP contribution is -2.57. The molecule has 0 aromatic carbocycles. The van der Waals surface area contributed by atoms with Crippen molar-refractivity contribution in [2.24, 2.45) is 0 Å². The van der Waals surface area contributed by atoms with Gasteiger partial charge in [0.2, 0.25) is 5.95 Å². The Morgan fingerprint density at radius 3 is 2.27 bits per heavy atom. The number of aromatic nitrogens is 2. The fourth-order valence-corrected chi connectivity index (χ4v) is 3.15. The standard InChI is InChI=1S/C15H21FN4O2/c1-15(2,3)22-14(21)20-11-4-5-12(20)9-19(8-11)13-17-6-10(16)7-18-13/h6-7,11-12H,4-5,8-9H2,1-3H3. The van der Waals surface area contributed by atoms with Crippen LogP contribution in [0.1, 0.15) is 33.6 Å². The number of fused-ring (bicyclic) bond motifs is 2. The largest absolute Gasteiger partial charge is 0.444 e. The van der Waals surface area contributed by atoms with Crippen molar-refractivity contribution >= 4 is 12.0 Å². The van der Waals surface area contributed by atoms with Crippen LogP contribution in [0, 0.1) is 5.82 Å². The van der Waals surface area contributed by atoms with Crippen molar-refractivity contribution in [3.05, 3.63) is 18.2 Å². The van der Waals surface area contributed by atoms with Gasteiger partial charge in [-0.05, 0) is 33.6 Å². The molecule has 2 saturated heterocycles. The molecule has 2 aliphatic rings. The second-order valence-electron chi connectivity index (χ2n) is 6.88. The molecular formula is C15H21FN4O2. The van der Waals surface area contributed by atoms with Crippen molar-refractivity contribution in [2.45, 2.75) is 51.3 Å². The molecule has 2 aliphatic heterocycles. The number of anilines is 1. The van der Waals surface area contributed by atoms with Gasteiger partial charge in [0, 0.05) is 13.1 Å². The first kappa shape index (κ1) is 15.0. The molecule has 0 saturated carbocycles. The number of rotatable bonds is 1. The summed E-state index contributed by atoms with van der Waals surface area (Å²) in [7, 11) is 0. The van der Waals surface area contributed by atoms with Crippen LogP contribution in [0.3, 0.4) is 0 Å². The average Bonchev–Trinajstić information content (AvgIpc) is 2.69. The predicted molar refractivity (Wildman–Crippen MR) is 79.1 cm³/mol. The van der Waals surface area contributed by atoms with Crippen molar-refractivity contribution in [3.63, 3.8) is 0 Å². The molecule has 3 heterocycles. The van der Waals surface area contributed by atoms with E-state index >= 15 is 0 Å². The highest BCUT2D eigenvalue weighted by molar-refractivity contribution is 5.70. The number of carbonyl (C=O) groups excluding carboxylic acids is 1. The van der Waals surface area contributed by atoms with Gasteiger partial charge in [0.05, 0.1) is 24.5 Å². The first-order chi connectivity index (χ1) is 10.3. The molecule has 1 aromatic heterocycles. The fraction of sp³-hybridized carbons (Fsp3) is 0.667. The Kier molecular flexibility index (Phi) is 3.66. The van der Waals surface area contributed by atoms with Crippen LogP contribution >= 0.6 is 0 Å². The highest BCUT2D eigenvalue weighted by Gasteiger charge is 2.44. The minimum atomic E-state index is -0.492. The van der Waals surface area contributed by atoms with E-state index in [0.29, 0.717) is 19.0 Å². The molecule has 0 spiro atoms. The van der Waals surface area contributed by atoms with Crippen molar-refractivity contribution in [3.8, 4) is 0 Å². The predicted octanol–water partition coefficient (Wildman–Crippen LogP) is 2.20. The lowest BCUT2D eigenvalue weighted by molar-refractivity contribution is 0.0122. The summed E-state index contributed by atoms with van der Waals surface area (Å²) in [6, 6.07) is 0.199. The van der Waals surface area contributed by atoms with Crippen LogP contribution in [0.4, 0.5) is 15.1 Å². The van der Waals surface area contributed by atoms with Gasteiger partial charge in [-0.15, -0.1) is 0 Å². The van der Waals surface area contributed by atoms with Crippen LogP contribution in [-0.2, 0) is 4.74 Å². The van der Waals surface area contributed by atoms with Crippen molar-refractivity contribution in [1.82, 2.24) is 14.9 Å². The summed E-state index contributed by atoms with van der Waals surface area (Å²) in [5, 5.41) is 0. The van der Waals surface area contributed by atoms with Crippen molar-refractivity contribution < 1.29 is 13.9 Å². The van der Waals surface area contributed by atoms with Crippen LogP contribution in [0.25, 0.3) is 0 Å². The molecule has 0 radical (unpaired) electrons. The van der Waals surface area contributed by atoms with Crippen LogP contribution in [-0.4, -0.2) is 51.7 Å². The Morgan fingerprint density at radius 1 is 1.23 bits per heavy atom. The maximum atomic E-state index is 12.9. The molecule has 22 heavy (non-hydrogen) atoms. The van der Waals surface area contributed by atoms with Gasteiger partial charge in [-0.1, -0.05) is 0 Å². The number of piperazine rings is 1. The Balaban J connectivity index is 1.71. The number of amides is 1. The van der Waals surface area contributed by atoms with Gasteiger partial charge in [0.1, 0.15) is 5.60 Å². The summed E-state index contributed by atoms with van der Waals surface area (Å²) in [6.07, 6.45) is 3.98. The zero-order valence-corrected chi connectivity index (χ0v) is 13.1. The minimum Gasteiger partial charge on any atom is -0.444 e. The molecule has 2 bridgehead atoms. The molecular weight excluding hydrogens is 287 g/mol. The number of nitrogens with zero attached hydrogens (tertiary/aromatic N) is 4. The summed E-state index contributed by atoms with van der Waals surface area (Å²) >= 11 is 0. The molecule has 1 aromatic rings. The number of hydrogen-bond acceptors (Lipinski definition) is 5. The molecule has 2 atom stereocenters. The van der Waals surface area contributed by atoms with Crippen LogP contribution < -0.4 is 4.90 Å². The Morgan fingerprint density at radius 2 is 1.77 bits per heavy atom. The Hall–Kier alpha value is -1.92. The van der Waals surface area contributed by atoms with E-state index in [1.807, 2.05) is 30.6 Å². The number of carbonyl (C=O) groups is 1. The second kappa shape index (κ2) is 5.37. The number of ether oxygens (including phenoxy) is 1. The molecule has 7 heteroatoms. The smallest absolute Gasteiger partial charge is 0.410 e. The molecule has 6 nitrogen and oxygen atoms in total. The number of halogens is 1. The van der Waals surface area contributed by atoms with Crippen molar-refractivity contribution in [1.29, 1.82) is 0 Å². The molecule has 2 unspecified atom stereocenters. The van der Waals surface area contributed by atoms with Crippen molar-refractivity contribution in [2.75, 3.05) is 18.0 Å². The van der Waals surface area contributed by atoms with Gasteiger partial charge in [0.25, 0.3) is 0 Å². The zero-order chi connectivity index (χ0) is 15.9. The van der Waals surface area contributed by atoms with Gasteiger partial charge in [0.15, 0.2) is 5.82 Å². The van der Waals surface area contributed by atoms with Gasteiger partial charge in [-0.25, -0.2) is 19.2 Å². The molecule has 3 rings (SSSR count). The second-order valence-corrected chi connectivity index (χ2v) is 6.88. The van der Waals surface area contributed by atoms with E-state index in [9.17, 15) is 9.18 Å². The summed E-state index contributed by atoms with van der Waals surface area (Å²) < 4.78 is 18.4. The van der Waals surface area contributed by atoms with Gasteiger partial charge >= 0.3 is 6.09 Å². The minimum absolute atomic E-state index is 0.0993. The van der Waals surface area contributed by atoms with E-state index in [-0.39, 0.29) is 18.2 Å². The normalized spacial score (nSPS) is 24.5. The fourth-order valence-electron chi connectivity index (χ4n) is 3.15. The first-order valence-electron chi connectivity index (χ1n) is 7.57. The third-order valence-electron chi connectivity index (χ3n) is 3.98. The van der Waals surface area contributed by atoms with Gasteiger partial charge < -0.3 is 9.64 Å². The third kappa shape index (κ3) is 2.98. The summed E-state index contributed by atoms with van der Waals surface area (Å²) in [5.74, 6) is 0.0706. The maximum absolute atomic E-state index is 12.9. The lowest BCUT2D eigenvalue weighted by Gasteiger charge is -2.41. The topological polar surface area (TPSA) is 58.6 Å². The van der Waals surface area contributed by atoms with E-state index in [2.05, 4.69) is 9.97 Å². The van der Waals surface area contributed by atoms with Crippen LogP contribution in [0.5, 0.6) is 0 Å². The highest BCUT2D eigenvalue weighted by Crippen LogP contribution is 2.32. The van der Waals surface area contributed by atoms with E-state index in [1.54, 1.807) is 0 Å². The highest BCUT2D eigenvalue weighted by atomic mass is 19.1. The monoisotopic (exact) mass is 308 g/mol. The van der Waals surface area contributed by atoms with Gasteiger partial charge in [-0.2, -0.15) is 0 Å². The third-order valence-corrected chi connectivity index (χ3v) is 3.98. The van der Waals surface area contributed by atoms with E-state index in [0.717, 1.165) is 12.8 Å². The number of hydrogen-bond donors (Lipinski definition) is 0. The quantitative estimate of drug-likeness (QED) is 0.796.